The van der Waals surface area contributed by atoms with Gasteiger partial charge in [-0.05, 0) is 42.0 Å². The molecule has 2 aromatic rings. The summed E-state index contributed by atoms with van der Waals surface area (Å²) in [5.41, 5.74) is 7.39. The Morgan fingerprint density at radius 2 is 1.57 bits per heavy atom. The first kappa shape index (κ1) is 15.2. The lowest BCUT2D eigenvalue weighted by Gasteiger charge is -2.06. The van der Waals surface area contributed by atoms with Crippen molar-refractivity contribution in [2.45, 2.75) is 11.4 Å². The summed E-state index contributed by atoms with van der Waals surface area (Å²) in [6, 6.07) is 12.5. The number of carbonyl (C=O) groups is 1. The topological polar surface area (TPSA) is 115 Å². The van der Waals surface area contributed by atoms with Gasteiger partial charge in [-0.2, -0.15) is 0 Å². The highest BCUT2D eigenvalue weighted by Crippen LogP contribution is 2.14. The van der Waals surface area contributed by atoms with Crippen molar-refractivity contribution >= 4 is 21.6 Å². The van der Waals surface area contributed by atoms with Crippen molar-refractivity contribution in [2.75, 3.05) is 5.32 Å². The van der Waals surface area contributed by atoms with Crippen molar-refractivity contribution < 1.29 is 13.2 Å². The number of amides is 1. The first-order chi connectivity index (χ1) is 9.90. The Kier molecular flexibility index (Phi) is 4.37. The Morgan fingerprint density at radius 3 is 2.05 bits per heavy atom. The average molecular weight is 305 g/mol. The molecule has 2 aromatic carbocycles. The van der Waals surface area contributed by atoms with Crippen molar-refractivity contribution in [3.63, 3.8) is 0 Å². The van der Waals surface area contributed by atoms with E-state index in [0.717, 1.165) is 5.56 Å². The molecule has 0 aliphatic heterocycles. The van der Waals surface area contributed by atoms with Gasteiger partial charge in [0.1, 0.15) is 0 Å². The number of nitrogens with one attached hydrogen (secondary N) is 1. The third kappa shape index (κ3) is 3.88. The molecule has 0 aliphatic carbocycles. The molecule has 7 heteroatoms. The second kappa shape index (κ2) is 6.04. The number of nitrogens with two attached hydrogens (primary N) is 2. The fourth-order valence-corrected chi connectivity index (χ4v) is 2.24. The largest absolute Gasteiger partial charge is 0.326 e. The molecule has 1 amide bonds. The molecule has 0 spiro atoms. The number of rotatable bonds is 4. The smallest absolute Gasteiger partial charge is 0.255 e. The number of carbonyl (C=O) groups excluding carboxylic acids is 1. The van der Waals surface area contributed by atoms with Crippen LogP contribution in [0.1, 0.15) is 15.9 Å². The van der Waals surface area contributed by atoms with Crippen LogP contribution in [0.5, 0.6) is 0 Å². The summed E-state index contributed by atoms with van der Waals surface area (Å²) in [4.78, 5) is 12.0. The molecule has 0 atom stereocenters. The lowest BCUT2D eigenvalue weighted by atomic mass is 10.1. The second-order valence-corrected chi connectivity index (χ2v) is 5.99. The van der Waals surface area contributed by atoms with Gasteiger partial charge < -0.3 is 11.1 Å². The molecule has 0 saturated carbocycles. The molecule has 0 heterocycles. The van der Waals surface area contributed by atoms with E-state index in [1.165, 1.54) is 24.3 Å². The average Bonchev–Trinajstić information content (AvgIpc) is 2.47. The van der Waals surface area contributed by atoms with Crippen molar-refractivity contribution in [1.29, 1.82) is 0 Å². The molecule has 0 bridgehead atoms. The van der Waals surface area contributed by atoms with E-state index in [2.05, 4.69) is 5.32 Å². The first-order valence-electron chi connectivity index (χ1n) is 6.13. The third-order valence-corrected chi connectivity index (χ3v) is 3.82. The maximum atomic E-state index is 12.0. The van der Waals surface area contributed by atoms with Gasteiger partial charge in [-0.3, -0.25) is 4.79 Å². The van der Waals surface area contributed by atoms with Crippen LogP contribution in [-0.4, -0.2) is 14.3 Å². The van der Waals surface area contributed by atoms with Crippen LogP contribution in [-0.2, 0) is 16.6 Å². The predicted octanol–water partition coefficient (Wildman–Crippen LogP) is 1.05. The van der Waals surface area contributed by atoms with E-state index in [1.807, 2.05) is 0 Å². The van der Waals surface area contributed by atoms with Gasteiger partial charge in [-0.25, -0.2) is 13.6 Å². The van der Waals surface area contributed by atoms with E-state index in [0.29, 0.717) is 17.8 Å². The minimum Gasteiger partial charge on any atom is -0.326 e. The molecular weight excluding hydrogens is 290 g/mol. The molecule has 6 nitrogen and oxygen atoms in total. The summed E-state index contributed by atoms with van der Waals surface area (Å²) in [6.07, 6.45) is 0. The highest BCUT2D eigenvalue weighted by atomic mass is 32.2. The Labute approximate surface area is 122 Å². The van der Waals surface area contributed by atoms with Crippen LogP contribution < -0.4 is 16.2 Å². The van der Waals surface area contributed by atoms with Crippen LogP contribution in [0.4, 0.5) is 5.69 Å². The van der Waals surface area contributed by atoms with Gasteiger partial charge in [-0.1, -0.05) is 12.1 Å². The Balaban J connectivity index is 2.12. The standard InChI is InChI=1S/C14H15N3O3S/c15-9-10-1-3-11(4-2-10)14(18)17-12-5-7-13(8-6-12)21(16,19)20/h1-8H,9,15H2,(H,17,18)(H2,16,19,20). The van der Waals surface area contributed by atoms with Crippen LogP contribution in [0.15, 0.2) is 53.4 Å². The predicted molar refractivity (Wildman–Crippen MR) is 80.1 cm³/mol. The maximum absolute atomic E-state index is 12.0. The van der Waals surface area contributed by atoms with Gasteiger partial charge in [0.15, 0.2) is 0 Å². The molecule has 0 unspecified atom stereocenters. The monoisotopic (exact) mass is 305 g/mol. The Morgan fingerprint density at radius 1 is 1.00 bits per heavy atom. The molecule has 110 valence electrons. The number of anilines is 1. The summed E-state index contributed by atoms with van der Waals surface area (Å²) >= 11 is 0. The number of primary sulfonamides is 1. The number of benzene rings is 2. The molecule has 2 rings (SSSR count). The molecule has 5 N–H and O–H groups in total. The third-order valence-electron chi connectivity index (χ3n) is 2.89. The lowest BCUT2D eigenvalue weighted by Crippen LogP contribution is -2.14. The fraction of sp³-hybridized carbons (Fsp3) is 0.0714. The lowest BCUT2D eigenvalue weighted by molar-refractivity contribution is 0.102. The van der Waals surface area contributed by atoms with Crippen molar-refractivity contribution in [3.8, 4) is 0 Å². The van der Waals surface area contributed by atoms with E-state index in [1.54, 1.807) is 24.3 Å². The molecule has 0 aliphatic rings. The summed E-state index contributed by atoms with van der Waals surface area (Å²) < 4.78 is 22.3. The van der Waals surface area contributed by atoms with Crippen LogP contribution in [0.3, 0.4) is 0 Å². The van der Waals surface area contributed by atoms with Crippen molar-refractivity contribution in [1.82, 2.24) is 0 Å². The highest BCUT2D eigenvalue weighted by molar-refractivity contribution is 7.89. The normalized spacial score (nSPS) is 11.1. The Bertz CT molecular complexity index is 738. The maximum Gasteiger partial charge on any atom is 0.255 e. The van der Waals surface area contributed by atoms with Crippen molar-refractivity contribution in [2.24, 2.45) is 10.9 Å². The van der Waals surface area contributed by atoms with Gasteiger partial charge in [0.05, 0.1) is 4.90 Å². The number of hydrogen-bond donors (Lipinski definition) is 3. The number of sulfonamides is 1. The molecule has 0 saturated heterocycles. The SMILES string of the molecule is NCc1ccc(C(=O)Nc2ccc(S(N)(=O)=O)cc2)cc1. The minimum absolute atomic E-state index is 0.00667. The summed E-state index contributed by atoms with van der Waals surface area (Å²) in [7, 11) is -3.73. The highest BCUT2D eigenvalue weighted by Gasteiger charge is 2.09. The molecule has 21 heavy (non-hydrogen) atoms. The van der Waals surface area contributed by atoms with E-state index >= 15 is 0 Å². The van der Waals surface area contributed by atoms with Gasteiger partial charge >= 0.3 is 0 Å². The van der Waals surface area contributed by atoms with Crippen molar-refractivity contribution in [3.05, 3.63) is 59.7 Å². The van der Waals surface area contributed by atoms with Crippen LogP contribution in [0.25, 0.3) is 0 Å². The summed E-state index contributed by atoms with van der Waals surface area (Å²) in [5.74, 6) is -0.290. The first-order valence-corrected chi connectivity index (χ1v) is 7.68. The second-order valence-electron chi connectivity index (χ2n) is 4.42. The fourth-order valence-electron chi connectivity index (χ4n) is 1.72. The number of hydrogen-bond acceptors (Lipinski definition) is 4. The molecular formula is C14H15N3O3S. The summed E-state index contributed by atoms with van der Waals surface area (Å²) in [5, 5.41) is 7.67. The van der Waals surface area contributed by atoms with Gasteiger partial charge in [0.25, 0.3) is 5.91 Å². The molecule has 0 aromatic heterocycles. The quantitative estimate of drug-likeness (QED) is 0.782. The molecule has 0 radical (unpaired) electrons. The zero-order chi connectivity index (χ0) is 15.5. The zero-order valence-electron chi connectivity index (χ0n) is 11.1. The van der Waals surface area contributed by atoms with E-state index in [4.69, 9.17) is 10.9 Å². The summed E-state index contributed by atoms with van der Waals surface area (Å²) in [6.45, 7) is 0.414. The van der Waals surface area contributed by atoms with Gasteiger partial charge in [0.2, 0.25) is 10.0 Å². The van der Waals surface area contributed by atoms with Crippen LogP contribution in [0.2, 0.25) is 0 Å². The molecule has 0 fully saturated rings. The minimum atomic E-state index is -3.73. The van der Waals surface area contributed by atoms with Gasteiger partial charge in [0, 0.05) is 17.8 Å². The van der Waals surface area contributed by atoms with Crippen LogP contribution in [0, 0.1) is 0 Å². The van der Waals surface area contributed by atoms with Crippen LogP contribution >= 0.6 is 0 Å². The zero-order valence-corrected chi connectivity index (χ0v) is 11.9. The Hall–Kier alpha value is -2.22. The van der Waals surface area contributed by atoms with Gasteiger partial charge in [-0.15, -0.1) is 0 Å². The van der Waals surface area contributed by atoms with E-state index in [-0.39, 0.29) is 10.8 Å². The van der Waals surface area contributed by atoms with E-state index in [9.17, 15) is 13.2 Å². The van der Waals surface area contributed by atoms with E-state index < -0.39 is 10.0 Å².